The lowest BCUT2D eigenvalue weighted by Gasteiger charge is -2.37. The fraction of sp³-hybridized carbons (Fsp3) is 0.615. The van der Waals surface area contributed by atoms with Gasteiger partial charge in [-0.2, -0.15) is 11.8 Å². The van der Waals surface area contributed by atoms with E-state index in [0.717, 1.165) is 37.4 Å². The van der Waals surface area contributed by atoms with Gasteiger partial charge in [-0.15, -0.1) is 0 Å². The highest BCUT2D eigenvalue weighted by molar-refractivity contribution is 7.99. The number of aromatic nitrogens is 1. The van der Waals surface area contributed by atoms with Crippen LogP contribution in [-0.2, 0) is 4.74 Å². The van der Waals surface area contributed by atoms with Crippen LogP contribution in [0.5, 0.6) is 5.75 Å². The van der Waals surface area contributed by atoms with E-state index >= 15 is 0 Å². The van der Waals surface area contributed by atoms with Gasteiger partial charge >= 0.3 is 7.12 Å². The lowest BCUT2D eigenvalue weighted by molar-refractivity contribution is -0.0959. The summed E-state index contributed by atoms with van der Waals surface area (Å²) in [6.45, 7) is 0.723. The fourth-order valence-corrected chi connectivity index (χ4v) is 4.16. The standard InChI is InChI=1S/C13H18BNO4S/c16-14(17)10-5-12(8-15-7-10)19-11-1-3-18-13(6-11)2-4-20-9-13/h5,7-8,11,16-17H,1-4,6,9H2. The van der Waals surface area contributed by atoms with Gasteiger partial charge in [0, 0.05) is 30.3 Å². The maximum atomic E-state index is 9.16. The van der Waals surface area contributed by atoms with Gasteiger partial charge in [-0.1, -0.05) is 0 Å². The van der Waals surface area contributed by atoms with Crippen LogP contribution in [-0.4, -0.2) is 52.0 Å². The summed E-state index contributed by atoms with van der Waals surface area (Å²) in [6.07, 6.45) is 5.99. The van der Waals surface area contributed by atoms with Gasteiger partial charge in [-0.3, -0.25) is 4.98 Å². The van der Waals surface area contributed by atoms with E-state index < -0.39 is 7.12 Å². The van der Waals surface area contributed by atoms with E-state index in [-0.39, 0.29) is 11.7 Å². The van der Waals surface area contributed by atoms with Gasteiger partial charge < -0.3 is 19.5 Å². The van der Waals surface area contributed by atoms with E-state index in [0.29, 0.717) is 11.2 Å². The van der Waals surface area contributed by atoms with Crippen molar-refractivity contribution in [3.05, 3.63) is 18.5 Å². The molecule has 2 atom stereocenters. The second kappa shape index (κ2) is 5.93. The molecule has 1 aromatic rings. The average molecular weight is 295 g/mol. The molecule has 2 saturated heterocycles. The summed E-state index contributed by atoms with van der Waals surface area (Å²) in [6, 6.07) is 1.63. The van der Waals surface area contributed by atoms with Crippen LogP contribution >= 0.6 is 11.8 Å². The van der Waals surface area contributed by atoms with Crippen molar-refractivity contribution in [3.8, 4) is 5.75 Å². The Bertz CT molecular complexity index is 467. The van der Waals surface area contributed by atoms with Gasteiger partial charge in [0.15, 0.2) is 0 Å². The summed E-state index contributed by atoms with van der Waals surface area (Å²) in [4.78, 5) is 3.98. The van der Waals surface area contributed by atoms with Crippen molar-refractivity contribution in [2.45, 2.75) is 31.0 Å². The normalized spacial score (nSPS) is 29.6. The molecule has 7 heteroatoms. The first-order valence-electron chi connectivity index (χ1n) is 6.86. The van der Waals surface area contributed by atoms with Crippen molar-refractivity contribution in [3.63, 3.8) is 0 Å². The van der Waals surface area contributed by atoms with E-state index in [2.05, 4.69) is 4.98 Å². The number of nitrogens with zero attached hydrogens (tertiary/aromatic N) is 1. The molecule has 0 radical (unpaired) electrons. The first-order chi connectivity index (χ1) is 9.67. The zero-order valence-electron chi connectivity index (χ0n) is 11.2. The van der Waals surface area contributed by atoms with Crippen molar-refractivity contribution in [1.29, 1.82) is 0 Å². The van der Waals surface area contributed by atoms with Crippen LogP contribution in [0.2, 0.25) is 0 Å². The molecule has 1 aromatic heterocycles. The first kappa shape index (κ1) is 14.2. The van der Waals surface area contributed by atoms with Crippen LogP contribution in [0.25, 0.3) is 0 Å². The van der Waals surface area contributed by atoms with Gasteiger partial charge in [0.05, 0.1) is 18.4 Å². The predicted octanol–water partition coefficient (Wildman–Crippen LogP) is 0.195. The summed E-state index contributed by atoms with van der Waals surface area (Å²) in [7, 11) is -1.52. The highest BCUT2D eigenvalue weighted by Gasteiger charge is 2.41. The second-order valence-electron chi connectivity index (χ2n) is 5.39. The van der Waals surface area contributed by atoms with Gasteiger partial charge in [0.2, 0.25) is 0 Å². The molecule has 2 aliphatic heterocycles. The summed E-state index contributed by atoms with van der Waals surface area (Å²) < 4.78 is 11.9. The van der Waals surface area contributed by atoms with Crippen LogP contribution in [0.4, 0.5) is 0 Å². The van der Waals surface area contributed by atoms with E-state index in [4.69, 9.17) is 19.5 Å². The third kappa shape index (κ3) is 3.11. The molecule has 3 heterocycles. The Hall–Kier alpha value is -0.755. The van der Waals surface area contributed by atoms with Crippen molar-refractivity contribution < 1.29 is 19.5 Å². The monoisotopic (exact) mass is 295 g/mol. The quantitative estimate of drug-likeness (QED) is 0.776. The van der Waals surface area contributed by atoms with E-state index in [1.54, 1.807) is 12.3 Å². The minimum absolute atomic E-state index is 0.0187. The lowest BCUT2D eigenvalue weighted by atomic mass is 9.82. The smallest absolute Gasteiger partial charge is 0.489 e. The van der Waals surface area contributed by atoms with Crippen molar-refractivity contribution in [2.75, 3.05) is 18.1 Å². The van der Waals surface area contributed by atoms with Crippen molar-refractivity contribution in [1.82, 2.24) is 4.98 Å². The molecule has 2 fully saturated rings. The molecule has 0 amide bonds. The topological polar surface area (TPSA) is 71.8 Å². The number of rotatable bonds is 3. The molecule has 108 valence electrons. The zero-order valence-corrected chi connectivity index (χ0v) is 12.0. The molecule has 0 bridgehead atoms. The molecule has 0 aliphatic carbocycles. The lowest BCUT2D eigenvalue weighted by Crippen LogP contribution is -2.44. The Morgan fingerprint density at radius 3 is 3.10 bits per heavy atom. The molecule has 20 heavy (non-hydrogen) atoms. The largest absolute Gasteiger partial charge is 0.490 e. The molecule has 3 rings (SSSR count). The molecule has 1 spiro atoms. The Balaban J connectivity index is 1.66. The number of hydrogen-bond acceptors (Lipinski definition) is 6. The number of pyridine rings is 1. The third-order valence-corrected chi connectivity index (χ3v) is 5.07. The van der Waals surface area contributed by atoms with E-state index in [1.165, 1.54) is 6.20 Å². The summed E-state index contributed by atoms with van der Waals surface area (Å²) in [5, 5.41) is 18.3. The van der Waals surface area contributed by atoms with Crippen molar-refractivity contribution in [2.24, 2.45) is 0 Å². The van der Waals surface area contributed by atoms with Gasteiger partial charge in [0.25, 0.3) is 0 Å². The molecule has 5 nitrogen and oxygen atoms in total. The number of hydrogen-bond donors (Lipinski definition) is 2. The minimum atomic E-state index is -1.52. The first-order valence-corrected chi connectivity index (χ1v) is 8.02. The number of ether oxygens (including phenoxy) is 2. The summed E-state index contributed by atoms with van der Waals surface area (Å²) in [5.41, 5.74) is 0.329. The highest BCUT2D eigenvalue weighted by Crippen LogP contribution is 2.39. The maximum absolute atomic E-state index is 9.16. The summed E-state index contributed by atoms with van der Waals surface area (Å²) in [5.74, 6) is 2.78. The molecule has 0 saturated carbocycles. The van der Waals surface area contributed by atoms with Crippen LogP contribution in [0.3, 0.4) is 0 Å². The Labute approximate surface area is 122 Å². The Morgan fingerprint density at radius 1 is 1.45 bits per heavy atom. The third-order valence-electron chi connectivity index (χ3n) is 3.85. The molecule has 2 unspecified atom stereocenters. The van der Waals surface area contributed by atoms with Gasteiger partial charge in [-0.25, -0.2) is 0 Å². The van der Waals surface area contributed by atoms with Crippen LogP contribution in [0.1, 0.15) is 19.3 Å². The van der Waals surface area contributed by atoms with Crippen molar-refractivity contribution >= 4 is 24.3 Å². The summed E-state index contributed by atoms with van der Waals surface area (Å²) >= 11 is 1.94. The van der Waals surface area contributed by atoms with Crippen LogP contribution < -0.4 is 10.2 Å². The average Bonchev–Trinajstić information content (AvgIpc) is 2.87. The fourth-order valence-electron chi connectivity index (χ4n) is 2.78. The highest BCUT2D eigenvalue weighted by atomic mass is 32.2. The Kier molecular flexibility index (Phi) is 4.21. The van der Waals surface area contributed by atoms with E-state index in [9.17, 15) is 0 Å². The van der Waals surface area contributed by atoms with Crippen LogP contribution in [0.15, 0.2) is 18.5 Å². The minimum Gasteiger partial charge on any atom is -0.489 e. The second-order valence-corrected chi connectivity index (χ2v) is 6.50. The van der Waals surface area contributed by atoms with Gasteiger partial charge in [0.1, 0.15) is 11.9 Å². The van der Waals surface area contributed by atoms with E-state index in [1.807, 2.05) is 11.8 Å². The molecular formula is C13H18BNO4S. The molecule has 0 aromatic carbocycles. The maximum Gasteiger partial charge on any atom is 0.490 e. The van der Waals surface area contributed by atoms with Crippen LogP contribution in [0, 0.1) is 0 Å². The SMILES string of the molecule is OB(O)c1cncc(OC2CCOC3(CCSC3)C2)c1. The molecular weight excluding hydrogens is 277 g/mol. The van der Waals surface area contributed by atoms with Gasteiger partial charge in [-0.05, 0) is 18.2 Å². The molecule has 2 aliphatic rings. The predicted molar refractivity (Wildman–Crippen MR) is 78.3 cm³/mol. The number of thioether (sulfide) groups is 1. The molecule has 2 N–H and O–H groups in total. The Morgan fingerprint density at radius 2 is 2.35 bits per heavy atom. The zero-order chi connectivity index (χ0) is 14.0.